The lowest BCUT2D eigenvalue weighted by atomic mass is 10.1. The Hall–Kier alpha value is -2.57. The topological polar surface area (TPSA) is 90.9 Å². The van der Waals surface area contributed by atoms with E-state index in [4.69, 9.17) is 4.74 Å². The minimum Gasteiger partial charge on any atom is -0.445 e. The summed E-state index contributed by atoms with van der Waals surface area (Å²) in [7, 11) is 0. The average molecular weight is 307 g/mol. The first-order valence-electron chi connectivity index (χ1n) is 7.02. The molecule has 1 N–H and O–H groups in total. The predicted octanol–water partition coefficient (Wildman–Crippen LogP) is 2.15. The standard InChI is InChI=1S/C15H17NO6/c17-13-12(21-15(19)22-13)8-4-5-9-16-14(18)20-10-11-6-2-1-3-7-11/h1-3,6-7,12H,4-5,8-10H2,(H,16,18). The van der Waals surface area contributed by atoms with Crippen molar-refractivity contribution in [2.75, 3.05) is 6.54 Å². The highest BCUT2D eigenvalue weighted by Gasteiger charge is 2.34. The molecule has 1 aliphatic rings. The number of amides is 1. The summed E-state index contributed by atoms with van der Waals surface area (Å²) in [4.78, 5) is 33.3. The molecule has 0 saturated carbocycles. The van der Waals surface area contributed by atoms with Crippen molar-refractivity contribution < 1.29 is 28.6 Å². The second kappa shape index (κ2) is 8.02. The first kappa shape index (κ1) is 15.8. The number of hydrogen-bond donors (Lipinski definition) is 1. The summed E-state index contributed by atoms with van der Waals surface area (Å²) < 4.78 is 14.0. The van der Waals surface area contributed by atoms with Crippen molar-refractivity contribution in [2.24, 2.45) is 0 Å². The van der Waals surface area contributed by atoms with Gasteiger partial charge in [-0.3, -0.25) is 0 Å². The number of unbranched alkanes of at least 4 members (excludes halogenated alkanes) is 1. The average Bonchev–Trinajstić information content (AvgIpc) is 2.84. The zero-order chi connectivity index (χ0) is 15.8. The van der Waals surface area contributed by atoms with Crippen LogP contribution in [0, 0.1) is 0 Å². The summed E-state index contributed by atoms with van der Waals surface area (Å²) in [6.07, 6.45) is -0.621. The van der Waals surface area contributed by atoms with Crippen LogP contribution in [0.3, 0.4) is 0 Å². The number of hydrogen-bond acceptors (Lipinski definition) is 6. The quantitative estimate of drug-likeness (QED) is 0.471. The van der Waals surface area contributed by atoms with Crippen molar-refractivity contribution in [1.29, 1.82) is 0 Å². The van der Waals surface area contributed by atoms with E-state index >= 15 is 0 Å². The van der Waals surface area contributed by atoms with Crippen LogP contribution >= 0.6 is 0 Å². The second-order valence-electron chi connectivity index (χ2n) is 4.76. The van der Waals surface area contributed by atoms with Gasteiger partial charge in [-0.05, 0) is 24.8 Å². The monoisotopic (exact) mass is 307 g/mol. The number of carbonyl (C=O) groups excluding carboxylic acids is 3. The molecule has 1 aliphatic heterocycles. The fourth-order valence-electron chi connectivity index (χ4n) is 1.93. The van der Waals surface area contributed by atoms with Crippen LogP contribution in [0.15, 0.2) is 30.3 Å². The molecule has 22 heavy (non-hydrogen) atoms. The van der Waals surface area contributed by atoms with Gasteiger partial charge in [0.1, 0.15) is 6.61 Å². The van der Waals surface area contributed by atoms with Crippen LogP contribution in [-0.2, 0) is 25.6 Å². The van der Waals surface area contributed by atoms with E-state index in [1.54, 1.807) is 0 Å². The molecule has 1 aromatic rings. The predicted molar refractivity (Wildman–Crippen MR) is 74.8 cm³/mol. The van der Waals surface area contributed by atoms with Crippen LogP contribution in [-0.4, -0.2) is 30.9 Å². The largest absolute Gasteiger partial charge is 0.517 e. The van der Waals surface area contributed by atoms with Gasteiger partial charge in [-0.15, -0.1) is 0 Å². The van der Waals surface area contributed by atoms with Crippen LogP contribution < -0.4 is 5.32 Å². The lowest BCUT2D eigenvalue weighted by Gasteiger charge is -2.07. The zero-order valence-corrected chi connectivity index (χ0v) is 11.9. The number of cyclic esters (lactones) is 3. The molecule has 1 fully saturated rings. The van der Waals surface area contributed by atoms with Crippen molar-refractivity contribution in [3.05, 3.63) is 35.9 Å². The molecule has 118 valence electrons. The van der Waals surface area contributed by atoms with Gasteiger partial charge in [-0.25, -0.2) is 14.4 Å². The Morgan fingerprint density at radius 2 is 1.95 bits per heavy atom. The number of nitrogens with one attached hydrogen (secondary N) is 1. The first-order chi connectivity index (χ1) is 10.6. The Morgan fingerprint density at radius 1 is 1.18 bits per heavy atom. The van der Waals surface area contributed by atoms with Gasteiger partial charge in [0.05, 0.1) is 0 Å². The molecular formula is C15H17NO6. The van der Waals surface area contributed by atoms with Crippen molar-refractivity contribution in [1.82, 2.24) is 5.32 Å². The highest BCUT2D eigenvalue weighted by atomic mass is 16.8. The van der Waals surface area contributed by atoms with E-state index < -0.39 is 24.3 Å². The van der Waals surface area contributed by atoms with Crippen molar-refractivity contribution in [3.63, 3.8) is 0 Å². The van der Waals surface area contributed by atoms with E-state index in [9.17, 15) is 14.4 Å². The molecule has 0 aliphatic carbocycles. The molecule has 1 atom stereocenters. The Kier molecular flexibility index (Phi) is 5.76. The number of benzene rings is 1. The molecule has 7 heteroatoms. The van der Waals surface area contributed by atoms with E-state index in [-0.39, 0.29) is 6.61 Å². The number of carbonyl (C=O) groups is 3. The van der Waals surface area contributed by atoms with Crippen molar-refractivity contribution in [2.45, 2.75) is 32.0 Å². The summed E-state index contributed by atoms with van der Waals surface area (Å²) in [6, 6.07) is 9.38. The SMILES string of the molecule is O=C(NCCCCC1OC(=O)OC1=O)OCc1ccccc1. The van der Waals surface area contributed by atoms with Gasteiger partial charge in [0.15, 0.2) is 0 Å². The number of rotatable bonds is 7. The summed E-state index contributed by atoms with van der Waals surface area (Å²) in [5.74, 6) is -0.653. The Bertz CT molecular complexity index is 530. The van der Waals surface area contributed by atoms with Gasteiger partial charge < -0.3 is 19.5 Å². The Morgan fingerprint density at radius 3 is 2.64 bits per heavy atom. The van der Waals surface area contributed by atoms with Gasteiger partial charge in [-0.1, -0.05) is 30.3 Å². The lowest BCUT2D eigenvalue weighted by Crippen LogP contribution is -2.25. The molecule has 1 amide bonds. The maximum Gasteiger partial charge on any atom is 0.517 e. The molecule has 1 heterocycles. The molecule has 0 radical (unpaired) electrons. The summed E-state index contributed by atoms with van der Waals surface area (Å²) in [5, 5.41) is 2.61. The molecule has 7 nitrogen and oxygen atoms in total. The molecule has 0 bridgehead atoms. The summed E-state index contributed by atoms with van der Waals surface area (Å²) >= 11 is 0. The van der Waals surface area contributed by atoms with E-state index in [1.807, 2.05) is 30.3 Å². The molecule has 1 aromatic carbocycles. The Balaban J connectivity index is 1.52. The van der Waals surface area contributed by atoms with Crippen LogP contribution in [0.1, 0.15) is 24.8 Å². The van der Waals surface area contributed by atoms with E-state index in [2.05, 4.69) is 14.8 Å². The molecule has 1 saturated heterocycles. The summed E-state index contributed by atoms with van der Waals surface area (Å²) in [6.45, 7) is 0.639. The third-order valence-corrected chi connectivity index (χ3v) is 3.06. The van der Waals surface area contributed by atoms with Gasteiger partial charge >= 0.3 is 18.2 Å². The molecule has 2 rings (SSSR count). The molecular weight excluding hydrogens is 290 g/mol. The summed E-state index contributed by atoms with van der Waals surface area (Å²) in [5.41, 5.74) is 0.916. The lowest BCUT2D eigenvalue weighted by molar-refractivity contribution is -0.136. The van der Waals surface area contributed by atoms with Crippen LogP contribution in [0.4, 0.5) is 9.59 Å². The Labute approximate surface area is 127 Å². The number of esters is 1. The van der Waals surface area contributed by atoms with Gasteiger partial charge in [-0.2, -0.15) is 0 Å². The minimum atomic E-state index is -0.947. The van der Waals surface area contributed by atoms with E-state index in [1.165, 1.54) is 0 Å². The number of alkyl carbamates (subject to hydrolysis) is 1. The van der Waals surface area contributed by atoms with Crippen molar-refractivity contribution in [3.8, 4) is 0 Å². The maximum atomic E-state index is 11.5. The van der Waals surface area contributed by atoms with Crippen LogP contribution in [0.2, 0.25) is 0 Å². The van der Waals surface area contributed by atoms with Gasteiger partial charge in [0.2, 0.25) is 6.10 Å². The molecule has 0 spiro atoms. The zero-order valence-electron chi connectivity index (χ0n) is 11.9. The van der Waals surface area contributed by atoms with Gasteiger partial charge in [0, 0.05) is 6.54 Å². The third kappa shape index (κ3) is 5.08. The van der Waals surface area contributed by atoms with E-state index in [0.29, 0.717) is 25.8 Å². The molecule has 0 aromatic heterocycles. The minimum absolute atomic E-state index is 0.219. The van der Waals surface area contributed by atoms with Crippen LogP contribution in [0.25, 0.3) is 0 Å². The fourth-order valence-corrected chi connectivity index (χ4v) is 1.93. The third-order valence-electron chi connectivity index (χ3n) is 3.06. The smallest absolute Gasteiger partial charge is 0.445 e. The van der Waals surface area contributed by atoms with Crippen LogP contribution in [0.5, 0.6) is 0 Å². The number of ether oxygens (including phenoxy) is 3. The molecule has 1 unspecified atom stereocenters. The van der Waals surface area contributed by atoms with E-state index in [0.717, 1.165) is 5.56 Å². The fraction of sp³-hybridized carbons (Fsp3) is 0.400. The maximum absolute atomic E-state index is 11.5. The highest BCUT2D eigenvalue weighted by molar-refractivity contribution is 5.90. The van der Waals surface area contributed by atoms with Gasteiger partial charge in [0.25, 0.3) is 0 Å². The second-order valence-corrected chi connectivity index (χ2v) is 4.76. The van der Waals surface area contributed by atoms with Crippen molar-refractivity contribution >= 4 is 18.2 Å². The highest BCUT2D eigenvalue weighted by Crippen LogP contribution is 2.14. The first-order valence-corrected chi connectivity index (χ1v) is 7.02. The normalized spacial score (nSPS) is 16.8.